The van der Waals surface area contributed by atoms with Crippen molar-refractivity contribution in [1.82, 2.24) is 20.0 Å². The van der Waals surface area contributed by atoms with Crippen LogP contribution in [0, 0.1) is 5.92 Å². The minimum Gasteiger partial charge on any atom is -0.332 e. The lowest BCUT2D eigenvalue weighted by Crippen LogP contribution is -2.43. The molecule has 2 rings (SSSR count). The number of amides is 2. The monoisotopic (exact) mass is 236 g/mol. The second-order valence-electron chi connectivity index (χ2n) is 4.81. The first-order chi connectivity index (χ1) is 8.15. The number of aryl methyl sites for hydroxylation is 1. The first-order valence-corrected chi connectivity index (χ1v) is 6.16. The van der Waals surface area contributed by atoms with Crippen LogP contribution in [0.4, 0.5) is 4.79 Å². The molecule has 0 saturated carbocycles. The SMILES string of the molecule is CC1CCN(C(=O)NCc2ccn(C)n2)CC1. The summed E-state index contributed by atoms with van der Waals surface area (Å²) in [5.74, 6) is 0.745. The number of carbonyl (C=O) groups is 1. The predicted octanol–water partition coefficient (Wildman–Crippen LogP) is 1.36. The second-order valence-corrected chi connectivity index (χ2v) is 4.81. The number of nitrogens with one attached hydrogen (secondary N) is 1. The van der Waals surface area contributed by atoms with Gasteiger partial charge in [0.25, 0.3) is 0 Å². The lowest BCUT2D eigenvalue weighted by molar-refractivity contribution is 0.173. The van der Waals surface area contributed by atoms with Crippen LogP contribution in [0.2, 0.25) is 0 Å². The van der Waals surface area contributed by atoms with Gasteiger partial charge in [0.1, 0.15) is 0 Å². The third-order valence-corrected chi connectivity index (χ3v) is 3.26. The Morgan fingerprint density at radius 2 is 2.24 bits per heavy atom. The molecule has 0 aliphatic carbocycles. The highest BCUT2D eigenvalue weighted by molar-refractivity contribution is 5.74. The molecule has 1 N–H and O–H groups in total. The number of likely N-dealkylation sites (tertiary alicyclic amines) is 1. The molecule has 0 atom stereocenters. The average molecular weight is 236 g/mol. The van der Waals surface area contributed by atoms with Gasteiger partial charge in [0.15, 0.2) is 0 Å². The molecule has 1 aromatic heterocycles. The number of piperidine rings is 1. The Balaban J connectivity index is 1.77. The zero-order valence-electron chi connectivity index (χ0n) is 10.5. The number of hydrogen-bond donors (Lipinski definition) is 1. The summed E-state index contributed by atoms with van der Waals surface area (Å²) in [6, 6.07) is 1.95. The third-order valence-electron chi connectivity index (χ3n) is 3.26. The molecule has 0 aromatic carbocycles. The number of urea groups is 1. The smallest absolute Gasteiger partial charge is 0.317 e. The largest absolute Gasteiger partial charge is 0.332 e. The molecule has 2 heterocycles. The second kappa shape index (κ2) is 5.21. The molecule has 1 saturated heterocycles. The summed E-state index contributed by atoms with van der Waals surface area (Å²) in [4.78, 5) is 13.8. The van der Waals surface area contributed by atoms with Crippen LogP contribution in [0.25, 0.3) is 0 Å². The Hall–Kier alpha value is -1.52. The Morgan fingerprint density at radius 3 is 2.82 bits per heavy atom. The first kappa shape index (κ1) is 12.0. The molecular weight excluding hydrogens is 216 g/mol. The Morgan fingerprint density at radius 1 is 1.53 bits per heavy atom. The van der Waals surface area contributed by atoms with E-state index in [1.165, 1.54) is 0 Å². The maximum Gasteiger partial charge on any atom is 0.317 e. The summed E-state index contributed by atoms with van der Waals surface area (Å²) in [5, 5.41) is 7.13. The third kappa shape index (κ3) is 3.22. The van der Waals surface area contributed by atoms with Crippen molar-refractivity contribution < 1.29 is 4.79 Å². The number of rotatable bonds is 2. The molecule has 17 heavy (non-hydrogen) atoms. The van der Waals surface area contributed by atoms with E-state index in [1.54, 1.807) is 4.68 Å². The van der Waals surface area contributed by atoms with Crippen LogP contribution in [-0.4, -0.2) is 33.8 Å². The minimum atomic E-state index is 0.0301. The van der Waals surface area contributed by atoms with Crippen LogP contribution in [0.5, 0.6) is 0 Å². The van der Waals surface area contributed by atoms with E-state index in [1.807, 2.05) is 24.2 Å². The fraction of sp³-hybridized carbons (Fsp3) is 0.667. The van der Waals surface area contributed by atoms with Crippen molar-refractivity contribution in [2.75, 3.05) is 13.1 Å². The molecule has 0 radical (unpaired) electrons. The summed E-state index contributed by atoms with van der Waals surface area (Å²) >= 11 is 0. The number of aromatic nitrogens is 2. The van der Waals surface area contributed by atoms with Crippen molar-refractivity contribution in [2.45, 2.75) is 26.3 Å². The van der Waals surface area contributed by atoms with Crippen molar-refractivity contribution in [2.24, 2.45) is 13.0 Å². The van der Waals surface area contributed by atoms with Crippen LogP contribution in [0.3, 0.4) is 0 Å². The van der Waals surface area contributed by atoms with Gasteiger partial charge in [-0.25, -0.2) is 4.79 Å². The van der Waals surface area contributed by atoms with Gasteiger partial charge in [-0.05, 0) is 24.8 Å². The summed E-state index contributed by atoms with van der Waals surface area (Å²) in [5.41, 5.74) is 0.895. The lowest BCUT2D eigenvalue weighted by atomic mass is 10.00. The van der Waals surface area contributed by atoms with E-state index in [-0.39, 0.29) is 6.03 Å². The molecule has 0 bridgehead atoms. The highest BCUT2D eigenvalue weighted by Gasteiger charge is 2.19. The van der Waals surface area contributed by atoms with Crippen molar-refractivity contribution in [3.8, 4) is 0 Å². The quantitative estimate of drug-likeness (QED) is 0.843. The van der Waals surface area contributed by atoms with Crippen LogP contribution in [0.1, 0.15) is 25.5 Å². The highest BCUT2D eigenvalue weighted by atomic mass is 16.2. The highest BCUT2D eigenvalue weighted by Crippen LogP contribution is 2.15. The molecule has 1 aliphatic rings. The average Bonchev–Trinajstić information content (AvgIpc) is 2.73. The normalized spacial score (nSPS) is 17.2. The van der Waals surface area contributed by atoms with Gasteiger partial charge < -0.3 is 10.2 Å². The summed E-state index contributed by atoms with van der Waals surface area (Å²) in [6.07, 6.45) is 4.10. The van der Waals surface area contributed by atoms with Crippen molar-refractivity contribution in [3.05, 3.63) is 18.0 Å². The Bertz CT molecular complexity index is 380. The van der Waals surface area contributed by atoms with Crippen LogP contribution >= 0.6 is 0 Å². The van der Waals surface area contributed by atoms with Crippen LogP contribution in [-0.2, 0) is 13.6 Å². The minimum absolute atomic E-state index is 0.0301. The van der Waals surface area contributed by atoms with Gasteiger partial charge >= 0.3 is 6.03 Å². The van der Waals surface area contributed by atoms with E-state index in [9.17, 15) is 4.79 Å². The van der Waals surface area contributed by atoms with Gasteiger partial charge in [0.05, 0.1) is 12.2 Å². The molecule has 5 heteroatoms. The molecular formula is C12H20N4O. The first-order valence-electron chi connectivity index (χ1n) is 6.16. The molecule has 1 fully saturated rings. The summed E-state index contributed by atoms with van der Waals surface area (Å²) in [6.45, 7) is 4.49. The maximum atomic E-state index is 11.9. The fourth-order valence-electron chi connectivity index (χ4n) is 2.05. The van der Waals surface area contributed by atoms with E-state index < -0.39 is 0 Å². The van der Waals surface area contributed by atoms with E-state index in [2.05, 4.69) is 17.3 Å². The van der Waals surface area contributed by atoms with Crippen molar-refractivity contribution >= 4 is 6.03 Å². The molecule has 0 spiro atoms. The van der Waals surface area contributed by atoms with Gasteiger partial charge in [-0.2, -0.15) is 5.10 Å². The topological polar surface area (TPSA) is 50.2 Å². The van der Waals surface area contributed by atoms with Gasteiger partial charge in [-0.15, -0.1) is 0 Å². The molecule has 94 valence electrons. The van der Waals surface area contributed by atoms with Gasteiger partial charge in [-0.3, -0.25) is 4.68 Å². The Kier molecular flexibility index (Phi) is 3.66. The van der Waals surface area contributed by atoms with Crippen LogP contribution in [0.15, 0.2) is 12.3 Å². The molecule has 1 aliphatic heterocycles. The predicted molar refractivity (Wildman–Crippen MR) is 65.4 cm³/mol. The number of nitrogens with zero attached hydrogens (tertiary/aromatic N) is 3. The van der Waals surface area contributed by atoms with Gasteiger partial charge in [0, 0.05) is 26.3 Å². The van der Waals surface area contributed by atoms with Crippen molar-refractivity contribution in [1.29, 1.82) is 0 Å². The molecule has 1 aromatic rings. The summed E-state index contributed by atoms with van der Waals surface area (Å²) < 4.78 is 1.74. The van der Waals surface area contributed by atoms with Gasteiger partial charge in [0.2, 0.25) is 0 Å². The van der Waals surface area contributed by atoms with Gasteiger partial charge in [-0.1, -0.05) is 6.92 Å². The zero-order valence-corrected chi connectivity index (χ0v) is 10.5. The fourth-order valence-corrected chi connectivity index (χ4v) is 2.05. The zero-order chi connectivity index (χ0) is 12.3. The van der Waals surface area contributed by atoms with Crippen molar-refractivity contribution in [3.63, 3.8) is 0 Å². The van der Waals surface area contributed by atoms with E-state index in [0.717, 1.165) is 37.5 Å². The molecule has 2 amide bonds. The summed E-state index contributed by atoms with van der Waals surface area (Å²) in [7, 11) is 1.87. The Labute approximate surface area is 102 Å². The number of carbonyl (C=O) groups excluding carboxylic acids is 1. The van der Waals surface area contributed by atoms with E-state index in [4.69, 9.17) is 0 Å². The lowest BCUT2D eigenvalue weighted by Gasteiger charge is -2.30. The van der Waals surface area contributed by atoms with Crippen LogP contribution < -0.4 is 5.32 Å². The van der Waals surface area contributed by atoms with E-state index in [0.29, 0.717) is 6.54 Å². The number of hydrogen-bond acceptors (Lipinski definition) is 2. The molecule has 5 nitrogen and oxygen atoms in total. The standard InChI is InChI=1S/C12H20N4O/c1-10-3-7-16(8-4-10)12(17)13-9-11-5-6-15(2)14-11/h5-6,10H,3-4,7-9H2,1-2H3,(H,13,17). The molecule has 0 unspecified atom stereocenters. The maximum absolute atomic E-state index is 11.9. The van der Waals surface area contributed by atoms with E-state index >= 15 is 0 Å².